The Morgan fingerprint density at radius 2 is 2.12 bits per heavy atom. The normalized spacial score (nSPS) is 21.5. The molecule has 10 heteroatoms. The summed E-state index contributed by atoms with van der Waals surface area (Å²) in [6, 6.07) is 5.99. The highest BCUT2D eigenvalue weighted by molar-refractivity contribution is 6.30. The number of halogens is 4. The van der Waals surface area contributed by atoms with Crippen LogP contribution in [0.3, 0.4) is 0 Å². The van der Waals surface area contributed by atoms with Crippen molar-refractivity contribution in [2.24, 2.45) is 11.8 Å². The van der Waals surface area contributed by atoms with Gasteiger partial charge in [-0.05, 0) is 17.7 Å². The van der Waals surface area contributed by atoms with Crippen molar-refractivity contribution in [3.8, 4) is 0 Å². The maximum Gasteiger partial charge on any atom is 0.394 e. The molecule has 0 radical (unpaired) electrons. The van der Waals surface area contributed by atoms with Gasteiger partial charge in [0.2, 0.25) is 0 Å². The predicted octanol–water partition coefficient (Wildman–Crippen LogP) is 2.93. The number of nitrogens with zero attached hydrogens (tertiary/aromatic N) is 1. The van der Waals surface area contributed by atoms with E-state index in [1.807, 2.05) is 0 Å². The third-order valence-electron chi connectivity index (χ3n) is 4.29. The predicted molar refractivity (Wildman–Crippen MR) is 86.8 cm³/mol. The van der Waals surface area contributed by atoms with Crippen LogP contribution in [0.25, 0.3) is 0 Å². The first-order chi connectivity index (χ1) is 12.1. The molecule has 2 amide bonds. The van der Waals surface area contributed by atoms with Crippen molar-refractivity contribution in [2.75, 3.05) is 26.7 Å². The van der Waals surface area contributed by atoms with E-state index < -0.39 is 49.2 Å². The van der Waals surface area contributed by atoms with E-state index >= 15 is 0 Å². The minimum atomic E-state index is -4.69. The van der Waals surface area contributed by atoms with Crippen LogP contribution in [0.5, 0.6) is 0 Å². The van der Waals surface area contributed by atoms with Crippen LogP contribution in [-0.4, -0.2) is 54.9 Å². The lowest BCUT2D eigenvalue weighted by Gasteiger charge is -2.21. The number of nitrogens with one attached hydrogen (secondary N) is 1. The summed E-state index contributed by atoms with van der Waals surface area (Å²) >= 11 is 5.90. The fraction of sp³-hybridized carbons (Fsp3) is 0.500. The number of alkyl halides is 3. The lowest BCUT2D eigenvalue weighted by Crippen LogP contribution is -2.41. The van der Waals surface area contributed by atoms with Crippen molar-refractivity contribution in [1.29, 1.82) is 0 Å². The summed E-state index contributed by atoms with van der Waals surface area (Å²) < 4.78 is 44.2. The molecule has 1 aromatic carbocycles. The number of benzene rings is 1. The number of carboxylic acid groups (broad SMARTS) is 1. The average Bonchev–Trinajstić information content (AvgIpc) is 3.01. The maximum absolute atomic E-state index is 13.0. The highest BCUT2D eigenvalue weighted by Crippen LogP contribution is 2.37. The Morgan fingerprint density at radius 1 is 1.42 bits per heavy atom. The van der Waals surface area contributed by atoms with Crippen molar-refractivity contribution in [2.45, 2.75) is 12.3 Å². The summed E-state index contributed by atoms with van der Waals surface area (Å²) in [5.41, 5.74) is 0.693. The van der Waals surface area contributed by atoms with E-state index in [0.717, 1.165) is 4.90 Å². The first-order valence-electron chi connectivity index (χ1n) is 7.74. The molecule has 0 bridgehead atoms. The van der Waals surface area contributed by atoms with Crippen LogP contribution in [-0.2, 0) is 9.53 Å². The van der Waals surface area contributed by atoms with E-state index in [4.69, 9.17) is 21.4 Å². The van der Waals surface area contributed by atoms with E-state index in [2.05, 4.69) is 5.32 Å². The number of methoxy groups -OCH3 is 1. The first-order valence-corrected chi connectivity index (χ1v) is 8.11. The van der Waals surface area contributed by atoms with E-state index in [-0.39, 0.29) is 6.54 Å². The molecule has 1 aliphatic heterocycles. The fourth-order valence-electron chi connectivity index (χ4n) is 2.89. The van der Waals surface area contributed by atoms with Crippen molar-refractivity contribution in [3.05, 3.63) is 34.9 Å². The van der Waals surface area contributed by atoms with Gasteiger partial charge in [-0.15, -0.1) is 0 Å². The second kappa shape index (κ2) is 8.13. The maximum atomic E-state index is 13.0. The number of urea groups is 1. The molecule has 0 saturated carbocycles. The van der Waals surface area contributed by atoms with Gasteiger partial charge in [0.15, 0.2) is 0 Å². The lowest BCUT2D eigenvalue weighted by molar-refractivity contribution is -0.187. The van der Waals surface area contributed by atoms with E-state index in [1.165, 1.54) is 7.11 Å². The molecule has 1 aromatic rings. The van der Waals surface area contributed by atoms with Crippen molar-refractivity contribution >= 4 is 23.6 Å². The number of aliphatic carboxylic acids is 1. The van der Waals surface area contributed by atoms with Crippen molar-refractivity contribution < 1.29 is 32.6 Å². The molecule has 6 nitrogen and oxygen atoms in total. The third-order valence-corrected chi connectivity index (χ3v) is 4.52. The van der Waals surface area contributed by atoms with E-state index in [0.29, 0.717) is 10.6 Å². The number of hydrogen-bond acceptors (Lipinski definition) is 3. The van der Waals surface area contributed by atoms with Gasteiger partial charge in [-0.25, -0.2) is 4.79 Å². The second-order valence-electron chi connectivity index (χ2n) is 5.96. The third kappa shape index (κ3) is 4.79. The monoisotopic (exact) mass is 394 g/mol. The highest BCUT2D eigenvalue weighted by atomic mass is 35.5. The smallest absolute Gasteiger partial charge is 0.394 e. The number of rotatable bonds is 5. The van der Waals surface area contributed by atoms with Gasteiger partial charge in [0, 0.05) is 31.8 Å². The Bertz CT molecular complexity index is 671. The molecule has 2 N–H and O–H groups in total. The standard InChI is InChI=1S/C16H18ClF3N2O4/c1-26-13(9-3-2-4-10(17)5-9)6-21-15(25)22-7-11(14(23)24)12(8-22)16(18,19)20/h2-5,11-13H,6-8H2,1H3,(H,21,25)(H,23,24)/t11-,12-,13?/m1/s1. The Hall–Kier alpha value is -2.00. The van der Waals surface area contributed by atoms with Gasteiger partial charge in [0.1, 0.15) is 0 Å². The summed E-state index contributed by atoms with van der Waals surface area (Å²) in [6.07, 6.45) is -5.23. The quantitative estimate of drug-likeness (QED) is 0.804. The molecule has 144 valence electrons. The van der Waals surface area contributed by atoms with Crippen LogP contribution in [0.1, 0.15) is 11.7 Å². The van der Waals surface area contributed by atoms with Crippen LogP contribution >= 0.6 is 11.6 Å². The SMILES string of the molecule is COC(CNC(=O)N1C[C@@H](C(F)(F)F)[C@H](C(=O)O)C1)c1cccc(Cl)c1. The summed E-state index contributed by atoms with van der Waals surface area (Å²) in [4.78, 5) is 24.1. The number of likely N-dealkylation sites (tertiary alicyclic amines) is 1. The molecule has 1 fully saturated rings. The molecular weight excluding hydrogens is 377 g/mol. The van der Waals surface area contributed by atoms with Crippen LogP contribution < -0.4 is 5.32 Å². The first kappa shape index (κ1) is 20.3. The van der Waals surface area contributed by atoms with Crippen LogP contribution in [0, 0.1) is 11.8 Å². The van der Waals surface area contributed by atoms with Crippen LogP contribution in [0.4, 0.5) is 18.0 Å². The summed E-state index contributed by atoms with van der Waals surface area (Å²) in [5, 5.41) is 11.9. The minimum Gasteiger partial charge on any atom is -0.481 e. The van der Waals surface area contributed by atoms with Gasteiger partial charge in [0.05, 0.1) is 17.9 Å². The molecule has 3 atom stereocenters. The molecule has 0 aliphatic carbocycles. The number of carboxylic acids is 1. The van der Waals surface area contributed by atoms with E-state index in [1.54, 1.807) is 24.3 Å². The van der Waals surface area contributed by atoms with E-state index in [9.17, 15) is 22.8 Å². The summed E-state index contributed by atoms with van der Waals surface area (Å²) in [7, 11) is 1.42. The van der Waals surface area contributed by atoms with Gasteiger partial charge in [-0.3, -0.25) is 4.79 Å². The molecule has 0 spiro atoms. The zero-order valence-corrected chi connectivity index (χ0v) is 14.5. The minimum absolute atomic E-state index is 0.000593. The number of ether oxygens (including phenoxy) is 1. The van der Waals surface area contributed by atoms with Crippen LogP contribution in [0.15, 0.2) is 24.3 Å². The fourth-order valence-corrected chi connectivity index (χ4v) is 3.09. The molecule has 1 aliphatic rings. The number of carbonyl (C=O) groups is 2. The molecule has 2 rings (SSSR count). The molecule has 0 aromatic heterocycles. The zero-order valence-electron chi connectivity index (χ0n) is 13.8. The lowest BCUT2D eigenvalue weighted by atomic mass is 9.96. The largest absolute Gasteiger partial charge is 0.481 e. The molecule has 1 heterocycles. The zero-order chi connectivity index (χ0) is 19.5. The topological polar surface area (TPSA) is 78.9 Å². The van der Waals surface area contributed by atoms with Gasteiger partial charge in [0.25, 0.3) is 0 Å². The van der Waals surface area contributed by atoms with Gasteiger partial charge < -0.3 is 20.1 Å². The Kier molecular flexibility index (Phi) is 6.35. The number of amides is 2. The Morgan fingerprint density at radius 3 is 2.62 bits per heavy atom. The molecular formula is C16H18ClF3N2O4. The van der Waals surface area contributed by atoms with Crippen LogP contribution in [0.2, 0.25) is 5.02 Å². The second-order valence-corrected chi connectivity index (χ2v) is 6.40. The van der Waals surface area contributed by atoms with Crippen molar-refractivity contribution in [3.63, 3.8) is 0 Å². The average molecular weight is 395 g/mol. The van der Waals surface area contributed by atoms with Crippen molar-refractivity contribution in [1.82, 2.24) is 10.2 Å². The summed E-state index contributed by atoms with van der Waals surface area (Å²) in [5.74, 6) is -5.33. The Labute approximate surface area is 152 Å². The molecule has 1 saturated heterocycles. The van der Waals surface area contributed by atoms with Gasteiger partial charge >= 0.3 is 18.2 Å². The highest BCUT2D eigenvalue weighted by Gasteiger charge is 2.53. The number of carbonyl (C=O) groups excluding carboxylic acids is 1. The number of hydrogen-bond donors (Lipinski definition) is 2. The Balaban J connectivity index is 2.00. The molecule has 1 unspecified atom stereocenters. The molecule has 26 heavy (non-hydrogen) atoms. The van der Waals surface area contributed by atoms with Gasteiger partial charge in [-0.2, -0.15) is 13.2 Å². The van der Waals surface area contributed by atoms with Gasteiger partial charge in [-0.1, -0.05) is 23.7 Å². The summed E-state index contributed by atoms with van der Waals surface area (Å²) in [6.45, 7) is -1.19.